The third-order valence-corrected chi connectivity index (χ3v) is 14.4. The van der Waals surface area contributed by atoms with Crippen LogP contribution >= 0.6 is 22.9 Å². The molecule has 1 N–H and O–H groups in total. The topological polar surface area (TPSA) is 202 Å². The number of nitrogens with zero attached hydrogens (tertiary/aromatic N) is 7. The zero-order valence-corrected chi connectivity index (χ0v) is 34.4. The zero-order chi connectivity index (χ0) is 42.8. The van der Waals surface area contributed by atoms with Crippen molar-refractivity contribution in [3.8, 4) is 16.3 Å². The van der Waals surface area contributed by atoms with Gasteiger partial charge in [0.2, 0.25) is 23.6 Å². The second kappa shape index (κ2) is 13.5. The van der Waals surface area contributed by atoms with Crippen molar-refractivity contribution >= 4 is 85.2 Å². The number of nitro benzene ring substituents is 2. The summed E-state index contributed by atoms with van der Waals surface area (Å²) in [5.74, 6) is -6.80. The number of halogens is 1. The Morgan fingerprint density at radius 3 is 2.28 bits per heavy atom. The van der Waals surface area contributed by atoms with Crippen molar-refractivity contribution in [3.05, 3.63) is 109 Å². The lowest BCUT2D eigenvalue weighted by molar-refractivity contribution is -0.392. The van der Waals surface area contributed by atoms with E-state index in [1.807, 2.05) is 31.2 Å². The van der Waals surface area contributed by atoms with Gasteiger partial charge in [0.05, 0.1) is 43.6 Å². The minimum absolute atomic E-state index is 0.00744. The highest BCUT2D eigenvalue weighted by Gasteiger charge is 2.68. The number of aromatic hydroxyl groups is 1. The number of rotatable bonds is 7. The molecule has 6 unspecified atom stereocenters. The lowest BCUT2D eigenvalue weighted by atomic mass is 9.51. The van der Waals surface area contributed by atoms with Crippen molar-refractivity contribution in [3.63, 3.8) is 0 Å². The molecule has 3 aromatic carbocycles. The molecule has 2 aromatic heterocycles. The molecule has 0 radical (unpaired) electrons. The predicted molar refractivity (Wildman–Crippen MR) is 223 cm³/mol. The standard InChI is InChI=1S/C42H36ClN7O9S/c1-19-26-14-21(43)9-12-32(26)60-37(19)29-18-33(46(5)44-29)48-39(53)28-17-27-24(35(42(28,2)41(48)55)20-7-6-8-23(51)13-20)10-11-25-34(27)40(54)47(38(25)52)22-15-30(49(56)57)36(45(3)4)31(16-22)50(58)59/h6-10,12-16,18,25,27-28,34-35,51H,11,17H2,1-5H3. The van der Waals surface area contributed by atoms with E-state index in [1.165, 1.54) is 47.1 Å². The minimum atomic E-state index is -1.41. The number of fused-ring (bicyclic) bond motifs is 5. The minimum Gasteiger partial charge on any atom is -0.508 e. The highest BCUT2D eigenvalue weighted by Crippen LogP contribution is 2.64. The van der Waals surface area contributed by atoms with Gasteiger partial charge in [-0.05, 0) is 79.5 Å². The van der Waals surface area contributed by atoms with Crippen molar-refractivity contribution in [2.75, 3.05) is 28.8 Å². The molecule has 18 heteroatoms. The van der Waals surface area contributed by atoms with Crippen LogP contribution < -0.4 is 14.7 Å². The SMILES string of the molecule is Cc1c(-c2cc(N3C(=O)C4CC5C(=CCC6C(=O)N(c7cc([N+](=O)[O-])c(N(C)C)c([N+](=O)[O-])c7)C(=O)C65)C(c5cccc(O)c5)C4(C)C3=O)n(C)n2)sc2ccc(Cl)cc12. The molecule has 306 valence electrons. The Morgan fingerprint density at radius 1 is 0.933 bits per heavy atom. The lowest BCUT2D eigenvalue weighted by Crippen LogP contribution is -2.48. The Bertz CT molecular complexity index is 2800. The van der Waals surface area contributed by atoms with Crippen LogP contribution in [0.25, 0.3) is 20.7 Å². The molecule has 6 atom stereocenters. The maximum Gasteiger partial charge on any atom is 0.301 e. The van der Waals surface area contributed by atoms with Crippen LogP contribution in [-0.4, -0.2) is 62.5 Å². The monoisotopic (exact) mass is 849 g/mol. The van der Waals surface area contributed by atoms with Crippen LogP contribution in [0.3, 0.4) is 0 Å². The van der Waals surface area contributed by atoms with Gasteiger partial charge in [-0.2, -0.15) is 5.10 Å². The molecule has 1 saturated carbocycles. The summed E-state index contributed by atoms with van der Waals surface area (Å²) < 4.78 is 2.49. The van der Waals surface area contributed by atoms with Gasteiger partial charge in [0.15, 0.2) is 5.69 Å². The zero-order valence-electron chi connectivity index (χ0n) is 32.8. The Morgan fingerprint density at radius 2 is 1.63 bits per heavy atom. The van der Waals surface area contributed by atoms with Crippen LogP contribution in [0.2, 0.25) is 5.02 Å². The lowest BCUT2D eigenvalue weighted by Gasteiger charge is -2.49. The number of anilines is 3. The number of carbonyl (C=O) groups is 4. The molecule has 2 saturated heterocycles. The number of nitro groups is 2. The third-order valence-electron chi connectivity index (χ3n) is 12.8. The molecule has 4 heterocycles. The van der Waals surface area contributed by atoms with Crippen molar-refractivity contribution < 1.29 is 34.1 Å². The molecule has 16 nitrogen and oxygen atoms in total. The largest absolute Gasteiger partial charge is 0.508 e. The van der Waals surface area contributed by atoms with Gasteiger partial charge in [-0.3, -0.25) is 44.1 Å². The molecule has 60 heavy (non-hydrogen) atoms. The van der Waals surface area contributed by atoms with Crippen molar-refractivity contribution in [2.45, 2.75) is 32.6 Å². The number of phenolic OH excluding ortho intramolecular Hbond substituents is 1. The number of allylic oxidation sites excluding steroid dienone is 2. The first kappa shape index (κ1) is 39.0. The maximum atomic E-state index is 15.1. The molecule has 0 bridgehead atoms. The number of phenols is 1. The second-order valence-electron chi connectivity index (χ2n) is 16.2. The Hall–Kier alpha value is -6.46. The summed E-state index contributed by atoms with van der Waals surface area (Å²) in [5, 5.41) is 41.4. The summed E-state index contributed by atoms with van der Waals surface area (Å²) in [6, 6.07) is 15.7. The van der Waals surface area contributed by atoms with Crippen molar-refractivity contribution in [1.82, 2.24) is 9.78 Å². The van der Waals surface area contributed by atoms with Gasteiger partial charge in [-0.15, -0.1) is 11.3 Å². The first-order chi connectivity index (χ1) is 28.4. The van der Waals surface area contributed by atoms with Gasteiger partial charge in [-0.25, -0.2) is 9.80 Å². The number of benzene rings is 3. The van der Waals surface area contributed by atoms with Crippen LogP contribution in [0.4, 0.5) is 28.6 Å². The van der Waals surface area contributed by atoms with Gasteiger partial charge in [-0.1, -0.05) is 35.4 Å². The molecule has 2 aliphatic heterocycles. The van der Waals surface area contributed by atoms with E-state index in [0.717, 1.165) is 42.5 Å². The van der Waals surface area contributed by atoms with Crippen LogP contribution in [0, 0.1) is 56.2 Å². The van der Waals surface area contributed by atoms with Gasteiger partial charge >= 0.3 is 11.4 Å². The number of hydrogen-bond acceptors (Lipinski definition) is 12. The quantitative estimate of drug-likeness (QED) is 0.0746. The van der Waals surface area contributed by atoms with Gasteiger partial charge in [0.1, 0.15) is 17.3 Å². The average Bonchev–Trinajstić information content (AvgIpc) is 3.87. The van der Waals surface area contributed by atoms with Crippen LogP contribution in [0.5, 0.6) is 5.75 Å². The fourth-order valence-corrected chi connectivity index (χ4v) is 11.6. The van der Waals surface area contributed by atoms with E-state index >= 15 is 4.79 Å². The normalized spacial score (nSPS) is 24.8. The number of aryl methyl sites for hydroxylation is 2. The summed E-state index contributed by atoms with van der Waals surface area (Å²) in [6.45, 7) is 3.69. The van der Waals surface area contributed by atoms with Gasteiger partial charge < -0.3 is 10.0 Å². The Kier molecular flexibility index (Phi) is 8.80. The summed E-state index contributed by atoms with van der Waals surface area (Å²) in [6.07, 6.45) is 1.90. The van der Waals surface area contributed by atoms with Gasteiger partial charge in [0.25, 0.3) is 0 Å². The molecular formula is C42H36ClN7O9S. The smallest absolute Gasteiger partial charge is 0.301 e. The average molecular weight is 850 g/mol. The molecular weight excluding hydrogens is 814 g/mol. The Balaban J connectivity index is 1.14. The number of imide groups is 2. The van der Waals surface area contributed by atoms with Crippen molar-refractivity contribution in [2.24, 2.45) is 36.1 Å². The van der Waals surface area contributed by atoms with E-state index in [1.54, 1.807) is 32.2 Å². The summed E-state index contributed by atoms with van der Waals surface area (Å²) in [5.41, 5.74) is -0.650. The number of thiophene rings is 1. The third kappa shape index (κ3) is 5.44. The summed E-state index contributed by atoms with van der Waals surface area (Å²) in [4.78, 5) is 85.8. The molecule has 0 spiro atoms. The first-order valence-corrected chi connectivity index (χ1v) is 20.3. The molecule has 5 aromatic rings. The highest BCUT2D eigenvalue weighted by atomic mass is 35.5. The van der Waals surface area contributed by atoms with E-state index < -0.39 is 79.9 Å². The molecule has 2 aliphatic carbocycles. The van der Waals surface area contributed by atoms with Crippen LogP contribution in [0.15, 0.2) is 72.3 Å². The second-order valence-corrected chi connectivity index (χ2v) is 17.7. The van der Waals surface area contributed by atoms with E-state index in [2.05, 4.69) is 0 Å². The molecule has 4 aliphatic rings. The van der Waals surface area contributed by atoms with E-state index in [4.69, 9.17) is 16.7 Å². The number of carbonyl (C=O) groups excluding carboxylic acids is 4. The van der Waals surface area contributed by atoms with Crippen molar-refractivity contribution in [1.29, 1.82) is 0 Å². The predicted octanol–water partition coefficient (Wildman–Crippen LogP) is 7.29. The first-order valence-electron chi connectivity index (χ1n) is 19.1. The molecule has 3 fully saturated rings. The summed E-state index contributed by atoms with van der Waals surface area (Å²) >= 11 is 7.82. The summed E-state index contributed by atoms with van der Waals surface area (Å²) in [7, 11) is 4.48. The fourth-order valence-electron chi connectivity index (χ4n) is 10.2. The van der Waals surface area contributed by atoms with Crippen LogP contribution in [0.1, 0.15) is 36.8 Å². The maximum absolute atomic E-state index is 15.1. The van der Waals surface area contributed by atoms with E-state index in [-0.39, 0.29) is 35.8 Å². The fraction of sp³-hybridized carbons (Fsp3) is 0.310. The van der Waals surface area contributed by atoms with Gasteiger partial charge in [0, 0.05) is 55.0 Å². The van der Waals surface area contributed by atoms with E-state index in [9.17, 15) is 39.7 Å². The molecule has 4 amide bonds. The van der Waals surface area contributed by atoms with Crippen LogP contribution in [-0.2, 0) is 26.2 Å². The number of aromatic nitrogens is 2. The highest BCUT2D eigenvalue weighted by molar-refractivity contribution is 7.22. The number of hydrogen-bond donors (Lipinski definition) is 1. The van der Waals surface area contributed by atoms with E-state index in [0.29, 0.717) is 21.9 Å². The Labute approximate surface area is 350 Å². The number of amides is 4. The molecule has 9 rings (SSSR count).